The van der Waals surface area contributed by atoms with Crippen LogP contribution in [0.2, 0.25) is 0 Å². The fourth-order valence-electron chi connectivity index (χ4n) is 0.938. The summed E-state index contributed by atoms with van der Waals surface area (Å²) in [5.41, 5.74) is -4.49. The van der Waals surface area contributed by atoms with E-state index in [1.807, 2.05) is 29.0 Å². The number of nitrogens with zero attached hydrogens (tertiary/aromatic N) is 1. The Morgan fingerprint density at radius 3 is 2.30 bits per heavy atom. The molecule has 0 N–H and O–H groups in total. The van der Waals surface area contributed by atoms with Crippen molar-refractivity contribution in [2.45, 2.75) is 12.1 Å². The molecule has 0 spiro atoms. The lowest BCUT2D eigenvalue weighted by Crippen LogP contribution is -2.35. The molecule has 0 aliphatic carbocycles. The van der Waals surface area contributed by atoms with Crippen molar-refractivity contribution < 1.29 is 30.3 Å². The predicted molar refractivity (Wildman–Crippen MR) is 65.4 cm³/mol. The quantitative estimate of drug-likeness (QED) is 0.355. The molecule has 0 aromatic carbocycles. The van der Waals surface area contributed by atoms with Crippen LogP contribution in [0.5, 0.6) is 0 Å². The Morgan fingerprint density at radius 2 is 1.95 bits per heavy atom. The van der Waals surface area contributed by atoms with Gasteiger partial charge in [-0.2, -0.15) is 26.2 Å². The maximum atomic E-state index is 11.1. The minimum atomic E-state index is -5.34. The average Bonchev–Trinajstić information content (AvgIpc) is 2.39. The van der Waals surface area contributed by atoms with Gasteiger partial charge in [0.1, 0.15) is 0 Å². The standard InChI is InChI=1S/C10H8N.C2H3F3O3S/c1-3-8-11-9-6-5-7-10(11)4-2;1-8-9(6,7)2(3,4)5/h1-2,5-7,9H,8H2;1H3/q+1;. The second-order valence-electron chi connectivity index (χ2n) is 3.13. The number of terminal acetylenes is 2. The fourth-order valence-corrected chi connectivity index (χ4v) is 1.13. The van der Waals surface area contributed by atoms with Gasteiger partial charge in [0, 0.05) is 12.1 Å². The number of halogens is 3. The highest BCUT2D eigenvalue weighted by molar-refractivity contribution is 7.87. The third kappa shape index (κ3) is 5.31. The van der Waals surface area contributed by atoms with Crippen LogP contribution < -0.4 is 4.57 Å². The molecular weight excluding hydrogens is 295 g/mol. The topological polar surface area (TPSA) is 47.2 Å². The van der Waals surface area contributed by atoms with Gasteiger partial charge < -0.3 is 0 Å². The second-order valence-corrected chi connectivity index (χ2v) is 4.83. The van der Waals surface area contributed by atoms with Crippen molar-refractivity contribution >= 4 is 10.1 Å². The van der Waals surface area contributed by atoms with E-state index in [9.17, 15) is 21.6 Å². The Hall–Kier alpha value is -2.03. The molecule has 8 heteroatoms. The zero-order valence-corrected chi connectivity index (χ0v) is 11.2. The first-order valence-corrected chi connectivity index (χ1v) is 6.36. The molecule has 1 heterocycles. The van der Waals surface area contributed by atoms with E-state index >= 15 is 0 Å². The van der Waals surface area contributed by atoms with E-state index in [1.54, 1.807) is 0 Å². The van der Waals surface area contributed by atoms with Gasteiger partial charge in [0.05, 0.1) is 7.11 Å². The van der Waals surface area contributed by atoms with Gasteiger partial charge in [-0.25, -0.2) is 0 Å². The molecular formula is C12H11F3NO3S+. The van der Waals surface area contributed by atoms with Crippen molar-refractivity contribution in [1.82, 2.24) is 0 Å². The highest BCUT2D eigenvalue weighted by Gasteiger charge is 2.46. The normalized spacial score (nSPS) is 10.7. The lowest BCUT2D eigenvalue weighted by molar-refractivity contribution is -0.687. The lowest BCUT2D eigenvalue weighted by atomic mass is 10.3. The number of alkyl halides is 3. The van der Waals surface area contributed by atoms with Gasteiger partial charge >= 0.3 is 15.6 Å². The highest BCUT2D eigenvalue weighted by atomic mass is 32.2. The SMILES string of the molecule is C#CC[n+]1ccccc1C#C.COS(=O)(=O)C(F)(F)F. The van der Waals surface area contributed by atoms with E-state index < -0.39 is 15.6 Å². The van der Waals surface area contributed by atoms with Crippen LogP contribution in [0.15, 0.2) is 24.4 Å². The lowest BCUT2D eigenvalue weighted by Gasteiger charge is -2.02. The van der Waals surface area contributed by atoms with E-state index in [4.69, 9.17) is 12.8 Å². The predicted octanol–water partition coefficient (Wildman–Crippen LogP) is 1.07. The molecule has 20 heavy (non-hydrogen) atoms. The molecule has 0 amide bonds. The molecule has 0 unspecified atom stereocenters. The molecule has 1 rings (SSSR count). The first-order valence-electron chi connectivity index (χ1n) is 4.95. The van der Waals surface area contributed by atoms with Crippen molar-refractivity contribution in [1.29, 1.82) is 0 Å². The summed E-state index contributed by atoms with van der Waals surface area (Å²) >= 11 is 0. The molecule has 0 aliphatic rings. The molecule has 0 aliphatic heterocycles. The van der Waals surface area contributed by atoms with Crippen molar-refractivity contribution in [3.05, 3.63) is 30.1 Å². The zero-order chi connectivity index (χ0) is 15.8. The minimum absolute atomic E-state index is 0.447. The summed E-state index contributed by atoms with van der Waals surface area (Å²) in [7, 11) is -4.89. The molecule has 1 aromatic rings. The van der Waals surface area contributed by atoms with E-state index in [0.29, 0.717) is 13.7 Å². The molecule has 0 saturated carbocycles. The Kier molecular flexibility index (Phi) is 6.77. The molecule has 1 aromatic heterocycles. The van der Waals surface area contributed by atoms with Gasteiger partial charge in [-0.1, -0.05) is 0 Å². The van der Waals surface area contributed by atoms with E-state index in [2.05, 4.69) is 16.0 Å². The third-order valence-corrected chi connectivity index (χ3v) is 2.86. The molecule has 0 saturated heterocycles. The highest BCUT2D eigenvalue weighted by Crippen LogP contribution is 2.23. The first kappa shape index (κ1) is 18.0. The Bertz CT molecular complexity index is 625. The van der Waals surface area contributed by atoms with Gasteiger partial charge in [-0.15, -0.1) is 12.8 Å². The van der Waals surface area contributed by atoms with E-state index in [0.717, 1.165) is 5.69 Å². The van der Waals surface area contributed by atoms with Crippen molar-refractivity contribution in [2.75, 3.05) is 7.11 Å². The van der Waals surface area contributed by atoms with Gasteiger partial charge in [0.2, 0.25) is 6.54 Å². The molecule has 4 nitrogen and oxygen atoms in total. The maximum absolute atomic E-state index is 11.1. The van der Waals surface area contributed by atoms with Crippen LogP contribution in [-0.2, 0) is 20.8 Å². The monoisotopic (exact) mass is 306 g/mol. The van der Waals surface area contributed by atoms with Crippen LogP contribution in [0.1, 0.15) is 5.69 Å². The summed E-state index contributed by atoms with van der Waals surface area (Å²) in [5.74, 6) is 5.07. The fraction of sp³-hybridized carbons (Fsp3) is 0.250. The van der Waals surface area contributed by atoms with Gasteiger partial charge in [0.15, 0.2) is 6.20 Å². The Balaban J connectivity index is 0.000000370. The zero-order valence-electron chi connectivity index (χ0n) is 10.4. The van der Waals surface area contributed by atoms with Crippen LogP contribution in [0.25, 0.3) is 0 Å². The van der Waals surface area contributed by atoms with E-state index in [-0.39, 0.29) is 0 Å². The van der Waals surface area contributed by atoms with Gasteiger partial charge in [-0.05, 0) is 17.9 Å². The van der Waals surface area contributed by atoms with Crippen LogP contribution in [0, 0.1) is 24.7 Å². The summed E-state index contributed by atoms with van der Waals surface area (Å²) in [6.07, 6.45) is 12.3. The minimum Gasteiger partial charge on any atom is -0.267 e. The Labute approximate surface area is 115 Å². The number of rotatable bonds is 2. The molecule has 0 radical (unpaired) electrons. The summed E-state index contributed by atoms with van der Waals surface area (Å²) in [5, 5.41) is 0. The molecule has 0 fully saturated rings. The molecule has 108 valence electrons. The van der Waals surface area contributed by atoms with Crippen molar-refractivity contribution in [3.63, 3.8) is 0 Å². The average molecular weight is 306 g/mol. The summed E-state index contributed by atoms with van der Waals surface area (Å²) in [6.45, 7) is 0.528. The van der Waals surface area contributed by atoms with Crippen molar-refractivity contribution in [3.8, 4) is 24.7 Å². The van der Waals surface area contributed by atoms with E-state index in [1.165, 1.54) is 0 Å². The van der Waals surface area contributed by atoms with Crippen LogP contribution in [0.4, 0.5) is 13.2 Å². The largest absolute Gasteiger partial charge is 0.523 e. The molecule has 0 atom stereocenters. The number of hydrogen-bond donors (Lipinski definition) is 0. The first-order chi connectivity index (χ1) is 9.19. The smallest absolute Gasteiger partial charge is 0.267 e. The summed E-state index contributed by atoms with van der Waals surface area (Å²) < 4.78 is 57.7. The maximum Gasteiger partial charge on any atom is 0.523 e. The van der Waals surface area contributed by atoms with Crippen LogP contribution >= 0.6 is 0 Å². The molecule has 0 bridgehead atoms. The third-order valence-electron chi connectivity index (χ3n) is 1.85. The number of hydrogen-bond acceptors (Lipinski definition) is 3. The van der Waals surface area contributed by atoms with Gasteiger partial charge in [-0.3, -0.25) is 4.18 Å². The summed E-state index contributed by atoms with van der Waals surface area (Å²) in [6, 6.07) is 5.65. The van der Waals surface area contributed by atoms with Crippen LogP contribution in [0.3, 0.4) is 0 Å². The second kappa shape index (κ2) is 7.53. The number of pyridine rings is 1. The van der Waals surface area contributed by atoms with Crippen molar-refractivity contribution in [2.24, 2.45) is 0 Å². The van der Waals surface area contributed by atoms with Crippen LogP contribution in [-0.4, -0.2) is 21.0 Å². The Morgan fingerprint density at radius 1 is 1.35 bits per heavy atom. The number of aromatic nitrogens is 1. The summed E-state index contributed by atoms with van der Waals surface area (Å²) in [4.78, 5) is 0. The van der Waals surface area contributed by atoms with Gasteiger partial charge in [0.25, 0.3) is 5.69 Å².